The van der Waals surface area contributed by atoms with Gasteiger partial charge >= 0.3 is 0 Å². The molecule has 168 valence electrons. The maximum absolute atomic E-state index is 12.3. The number of hydrogen-bond acceptors (Lipinski definition) is 6. The van der Waals surface area contributed by atoms with Crippen LogP contribution in [0.4, 0.5) is 0 Å². The molecule has 2 heterocycles. The summed E-state index contributed by atoms with van der Waals surface area (Å²) >= 11 is 0. The van der Waals surface area contributed by atoms with Crippen LogP contribution in [0.15, 0.2) is 73.1 Å². The average Bonchev–Trinajstić information content (AvgIpc) is 2.88. The molecule has 34 heavy (non-hydrogen) atoms. The smallest absolute Gasteiger partial charge is 0.256 e. The standard InChI is InChI=1S/C27H21N3O4/c1-33-21-13-11-19(12-14-21)23-25(31)22(27(28)32)26(34-2)24(30-23)20-9-7-17(8-10-20)5-6-18-4-3-15-29-16-18/h3-4,7-16,31H,1-2H3,(H2,28,32). The van der Waals surface area contributed by atoms with E-state index < -0.39 is 5.91 Å². The molecule has 0 saturated heterocycles. The van der Waals surface area contributed by atoms with E-state index in [9.17, 15) is 9.90 Å². The van der Waals surface area contributed by atoms with Crippen LogP contribution in [0.5, 0.6) is 17.2 Å². The first-order chi connectivity index (χ1) is 16.5. The van der Waals surface area contributed by atoms with Crippen molar-refractivity contribution in [3.05, 3.63) is 89.7 Å². The van der Waals surface area contributed by atoms with E-state index in [0.717, 1.165) is 11.1 Å². The maximum Gasteiger partial charge on any atom is 0.256 e. The number of hydrogen-bond donors (Lipinski definition) is 2. The topological polar surface area (TPSA) is 108 Å². The van der Waals surface area contributed by atoms with Crippen molar-refractivity contribution in [2.45, 2.75) is 0 Å². The molecule has 7 heteroatoms. The van der Waals surface area contributed by atoms with Gasteiger partial charge in [0.25, 0.3) is 5.91 Å². The summed E-state index contributed by atoms with van der Waals surface area (Å²) in [5.74, 6) is 5.71. The summed E-state index contributed by atoms with van der Waals surface area (Å²) in [5, 5.41) is 10.8. The molecule has 4 rings (SSSR count). The lowest BCUT2D eigenvalue weighted by molar-refractivity contribution is 0.0994. The zero-order valence-corrected chi connectivity index (χ0v) is 18.6. The highest BCUT2D eigenvalue weighted by molar-refractivity contribution is 6.02. The van der Waals surface area contributed by atoms with Gasteiger partial charge < -0.3 is 20.3 Å². The first-order valence-corrected chi connectivity index (χ1v) is 10.3. The van der Waals surface area contributed by atoms with Crippen molar-refractivity contribution in [1.29, 1.82) is 0 Å². The molecule has 0 unspecified atom stereocenters. The van der Waals surface area contributed by atoms with Gasteiger partial charge in [-0.3, -0.25) is 9.78 Å². The third-order valence-corrected chi connectivity index (χ3v) is 5.11. The van der Waals surface area contributed by atoms with Gasteiger partial charge in [-0.05, 0) is 48.5 Å². The number of rotatable bonds is 5. The minimum atomic E-state index is -0.827. The summed E-state index contributed by atoms with van der Waals surface area (Å²) in [4.78, 5) is 20.9. The lowest BCUT2D eigenvalue weighted by Crippen LogP contribution is -2.14. The van der Waals surface area contributed by atoms with E-state index in [4.69, 9.17) is 15.2 Å². The van der Waals surface area contributed by atoms with Crippen molar-refractivity contribution < 1.29 is 19.4 Å². The summed E-state index contributed by atoms with van der Waals surface area (Å²) in [6, 6.07) is 18.0. The zero-order valence-electron chi connectivity index (χ0n) is 18.6. The van der Waals surface area contributed by atoms with Gasteiger partial charge in [0, 0.05) is 34.6 Å². The molecule has 0 radical (unpaired) electrons. The van der Waals surface area contributed by atoms with Crippen LogP contribution in [0, 0.1) is 11.8 Å². The average molecular weight is 451 g/mol. The van der Waals surface area contributed by atoms with E-state index in [1.54, 1.807) is 43.8 Å². The summed E-state index contributed by atoms with van der Waals surface area (Å²) in [5.41, 5.74) is 8.88. The highest BCUT2D eigenvalue weighted by Crippen LogP contribution is 2.42. The van der Waals surface area contributed by atoms with Crippen molar-refractivity contribution in [3.63, 3.8) is 0 Å². The first kappa shape index (κ1) is 22.4. The van der Waals surface area contributed by atoms with Gasteiger partial charge in [-0.1, -0.05) is 24.0 Å². The maximum atomic E-state index is 12.3. The molecule has 0 aliphatic heterocycles. The molecule has 0 aliphatic rings. The number of pyridine rings is 2. The van der Waals surface area contributed by atoms with E-state index in [-0.39, 0.29) is 22.8 Å². The fraction of sp³-hybridized carbons (Fsp3) is 0.0741. The molecular weight excluding hydrogens is 430 g/mol. The van der Waals surface area contributed by atoms with E-state index in [1.807, 2.05) is 36.4 Å². The number of amides is 1. The largest absolute Gasteiger partial charge is 0.505 e. The molecule has 7 nitrogen and oxygen atoms in total. The molecule has 1 amide bonds. The first-order valence-electron chi connectivity index (χ1n) is 10.3. The van der Waals surface area contributed by atoms with Crippen molar-refractivity contribution in [2.24, 2.45) is 5.73 Å². The Morgan fingerprint density at radius 3 is 2.12 bits per heavy atom. The van der Waals surface area contributed by atoms with E-state index >= 15 is 0 Å². The van der Waals surface area contributed by atoms with Gasteiger partial charge in [-0.2, -0.15) is 0 Å². The zero-order chi connectivity index (χ0) is 24.1. The predicted octanol–water partition coefficient (Wildman–Crippen LogP) is 4.03. The Hall–Kier alpha value is -4.83. The van der Waals surface area contributed by atoms with Gasteiger partial charge in [0.2, 0.25) is 0 Å². The number of benzene rings is 2. The number of carbonyl (C=O) groups excluding carboxylic acids is 1. The van der Waals surface area contributed by atoms with Crippen LogP contribution in [0.1, 0.15) is 21.5 Å². The second kappa shape index (κ2) is 9.76. The number of aromatic hydroxyl groups is 1. The molecule has 0 aliphatic carbocycles. The predicted molar refractivity (Wildman–Crippen MR) is 129 cm³/mol. The fourth-order valence-electron chi connectivity index (χ4n) is 3.43. The van der Waals surface area contributed by atoms with Crippen LogP contribution in [0.3, 0.4) is 0 Å². The highest BCUT2D eigenvalue weighted by Gasteiger charge is 2.25. The molecule has 0 fully saturated rings. The highest BCUT2D eigenvalue weighted by atomic mass is 16.5. The molecule has 0 atom stereocenters. The van der Waals surface area contributed by atoms with Crippen molar-refractivity contribution in [1.82, 2.24) is 9.97 Å². The van der Waals surface area contributed by atoms with Gasteiger partial charge in [0.1, 0.15) is 22.7 Å². The minimum absolute atomic E-state index is 0.0939. The summed E-state index contributed by atoms with van der Waals surface area (Å²) < 4.78 is 10.7. The number of ether oxygens (including phenoxy) is 2. The Balaban J connectivity index is 1.81. The molecule has 0 saturated carbocycles. The number of nitrogens with zero attached hydrogens (tertiary/aromatic N) is 2. The molecule has 4 aromatic rings. The van der Waals surface area contributed by atoms with Crippen molar-refractivity contribution in [2.75, 3.05) is 14.2 Å². The Kier molecular flexibility index (Phi) is 6.42. The number of methoxy groups -OCH3 is 2. The van der Waals surface area contributed by atoms with Crippen LogP contribution in [0.2, 0.25) is 0 Å². The van der Waals surface area contributed by atoms with Gasteiger partial charge in [0.15, 0.2) is 11.5 Å². The van der Waals surface area contributed by atoms with Crippen LogP contribution >= 0.6 is 0 Å². The van der Waals surface area contributed by atoms with E-state index in [1.165, 1.54) is 7.11 Å². The lowest BCUT2D eigenvalue weighted by Gasteiger charge is -2.16. The second-order valence-electron chi connectivity index (χ2n) is 7.23. The Morgan fingerprint density at radius 2 is 1.53 bits per heavy atom. The quantitative estimate of drug-likeness (QED) is 0.444. The summed E-state index contributed by atoms with van der Waals surface area (Å²) in [6.45, 7) is 0. The Labute approximate surface area is 196 Å². The van der Waals surface area contributed by atoms with Crippen LogP contribution in [-0.2, 0) is 0 Å². The molecule has 2 aromatic heterocycles. The normalized spacial score (nSPS) is 10.2. The number of nitrogens with two attached hydrogens (primary N) is 1. The van der Waals surface area contributed by atoms with Crippen molar-refractivity contribution >= 4 is 5.91 Å². The van der Waals surface area contributed by atoms with Crippen LogP contribution in [-0.4, -0.2) is 35.2 Å². The number of primary amides is 1. The molecular formula is C27H21N3O4. The molecule has 2 aromatic carbocycles. The third kappa shape index (κ3) is 4.52. The third-order valence-electron chi connectivity index (χ3n) is 5.11. The van der Waals surface area contributed by atoms with E-state index in [2.05, 4.69) is 21.8 Å². The Morgan fingerprint density at radius 1 is 0.882 bits per heavy atom. The van der Waals surface area contributed by atoms with Gasteiger partial charge in [-0.15, -0.1) is 0 Å². The molecule has 0 spiro atoms. The van der Waals surface area contributed by atoms with Crippen LogP contribution < -0.4 is 15.2 Å². The molecule has 0 bridgehead atoms. The van der Waals surface area contributed by atoms with Gasteiger partial charge in [-0.25, -0.2) is 4.98 Å². The Bertz CT molecular complexity index is 1390. The lowest BCUT2D eigenvalue weighted by atomic mass is 10.0. The SMILES string of the molecule is COc1ccc(-c2nc(-c3ccc(C#Cc4cccnc4)cc3)c(OC)c(C(N)=O)c2O)cc1. The van der Waals surface area contributed by atoms with Crippen LogP contribution in [0.25, 0.3) is 22.5 Å². The molecule has 3 N–H and O–H groups in total. The number of aromatic nitrogens is 2. The second-order valence-corrected chi connectivity index (χ2v) is 7.23. The van der Waals surface area contributed by atoms with E-state index in [0.29, 0.717) is 22.6 Å². The summed E-state index contributed by atoms with van der Waals surface area (Å²) in [6.07, 6.45) is 3.39. The minimum Gasteiger partial charge on any atom is -0.505 e. The monoisotopic (exact) mass is 451 g/mol. The number of carbonyl (C=O) groups is 1. The fourth-order valence-corrected chi connectivity index (χ4v) is 3.43. The van der Waals surface area contributed by atoms with Crippen molar-refractivity contribution in [3.8, 4) is 51.6 Å². The van der Waals surface area contributed by atoms with Gasteiger partial charge in [0.05, 0.1) is 14.2 Å². The summed E-state index contributed by atoms with van der Waals surface area (Å²) in [7, 11) is 2.96.